The van der Waals surface area contributed by atoms with E-state index in [4.69, 9.17) is 9.47 Å². The molecule has 0 aliphatic rings. The quantitative estimate of drug-likeness (QED) is 0.263. The van der Waals surface area contributed by atoms with Gasteiger partial charge in [0.2, 0.25) is 21.8 Å². The number of benzene rings is 3. The highest BCUT2D eigenvalue weighted by Gasteiger charge is 2.33. The molecule has 0 radical (unpaired) electrons. The Bertz CT molecular complexity index is 1430. The minimum Gasteiger partial charge on any atom is -0.493 e. The Morgan fingerprint density at radius 1 is 0.929 bits per heavy atom. The Labute approximate surface area is 247 Å². The summed E-state index contributed by atoms with van der Waals surface area (Å²) in [5.74, 6) is -0.723. The Morgan fingerprint density at radius 2 is 1.60 bits per heavy atom. The van der Waals surface area contributed by atoms with Gasteiger partial charge in [0.25, 0.3) is 0 Å². The number of nitrogens with zero attached hydrogens (tertiary/aromatic N) is 2. The van der Waals surface area contributed by atoms with E-state index >= 15 is 0 Å². The van der Waals surface area contributed by atoms with E-state index in [0.717, 1.165) is 29.0 Å². The fourth-order valence-electron chi connectivity index (χ4n) is 4.44. The Hall–Kier alpha value is -4.12. The van der Waals surface area contributed by atoms with Crippen LogP contribution in [0.25, 0.3) is 0 Å². The number of hydrogen-bond acceptors (Lipinski definition) is 6. The molecule has 3 aromatic carbocycles. The summed E-state index contributed by atoms with van der Waals surface area (Å²) in [6.45, 7) is 1.82. The fourth-order valence-corrected chi connectivity index (χ4v) is 5.28. The summed E-state index contributed by atoms with van der Waals surface area (Å²) in [5, 5.41) is 2.92. The summed E-state index contributed by atoms with van der Waals surface area (Å²) in [4.78, 5) is 29.1. The van der Waals surface area contributed by atoms with Gasteiger partial charge in [0.15, 0.2) is 11.5 Å². The zero-order valence-corrected chi connectivity index (χ0v) is 25.2. The molecule has 2 amide bonds. The van der Waals surface area contributed by atoms with E-state index in [0.29, 0.717) is 17.9 Å². The number of nitrogens with one attached hydrogen (secondary N) is 1. The van der Waals surface area contributed by atoms with E-state index in [2.05, 4.69) is 5.32 Å². The van der Waals surface area contributed by atoms with Crippen LogP contribution in [-0.4, -0.2) is 64.7 Å². The van der Waals surface area contributed by atoms with E-state index in [-0.39, 0.29) is 30.3 Å². The number of ether oxygens (including phenoxy) is 2. The number of rotatable bonds is 15. The van der Waals surface area contributed by atoms with Crippen LogP contribution in [0.2, 0.25) is 0 Å². The van der Waals surface area contributed by atoms with Gasteiger partial charge in [-0.05, 0) is 41.8 Å². The van der Waals surface area contributed by atoms with Gasteiger partial charge in [0, 0.05) is 25.6 Å². The maximum atomic E-state index is 14.1. The standard InChI is InChI=1S/C31H38FN3O6S/c1-5-6-18-33-31(37)27(19-23-10-8-7-9-11-23)34(21-24-12-14-25(32)15-13-24)30(36)22-35(42(4,38)39)26-16-17-28(40-2)29(20-26)41-3/h7-17,20,27H,5-6,18-19,21-22H2,1-4H3,(H,33,37). The molecule has 0 saturated carbocycles. The van der Waals surface area contributed by atoms with Crippen molar-refractivity contribution in [3.63, 3.8) is 0 Å². The lowest BCUT2D eigenvalue weighted by Crippen LogP contribution is -2.53. The molecule has 0 aliphatic heterocycles. The molecule has 1 N–H and O–H groups in total. The second kappa shape index (κ2) is 15.2. The van der Waals surface area contributed by atoms with Gasteiger partial charge in [-0.25, -0.2) is 12.8 Å². The molecule has 3 aromatic rings. The predicted molar refractivity (Wildman–Crippen MR) is 161 cm³/mol. The number of unbranched alkanes of at least 4 members (excludes halogenated alkanes) is 1. The van der Waals surface area contributed by atoms with Gasteiger partial charge < -0.3 is 19.7 Å². The summed E-state index contributed by atoms with van der Waals surface area (Å²) in [7, 11) is -1.07. The van der Waals surface area contributed by atoms with E-state index in [1.165, 1.54) is 55.5 Å². The molecule has 0 aromatic heterocycles. The highest BCUT2D eigenvalue weighted by atomic mass is 32.2. The number of sulfonamides is 1. The van der Waals surface area contributed by atoms with Crippen LogP contribution in [0.15, 0.2) is 72.8 Å². The number of amides is 2. The zero-order chi connectivity index (χ0) is 30.7. The maximum absolute atomic E-state index is 14.1. The van der Waals surface area contributed by atoms with Gasteiger partial charge in [0.1, 0.15) is 18.4 Å². The van der Waals surface area contributed by atoms with E-state index < -0.39 is 34.3 Å². The van der Waals surface area contributed by atoms with Gasteiger partial charge in [-0.2, -0.15) is 0 Å². The third kappa shape index (κ3) is 8.94. The van der Waals surface area contributed by atoms with Crippen molar-refractivity contribution < 1.29 is 31.9 Å². The lowest BCUT2D eigenvalue weighted by Gasteiger charge is -2.33. The maximum Gasteiger partial charge on any atom is 0.244 e. The average molecular weight is 600 g/mol. The Kier molecular flexibility index (Phi) is 11.7. The van der Waals surface area contributed by atoms with Gasteiger partial charge >= 0.3 is 0 Å². The smallest absolute Gasteiger partial charge is 0.244 e. The lowest BCUT2D eigenvalue weighted by atomic mass is 10.0. The number of carbonyl (C=O) groups is 2. The molecule has 1 atom stereocenters. The van der Waals surface area contributed by atoms with Crippen molar-refractivity contribution >= 4 is 27.5 Å². The molecule has 3 rings (SSSR count). The predicted octanol–water partition coefficient (Wildman–Crippen LogP) is 4.17. The molecule has 0 bridgehead atoms. The first-order valence-electron chi connectivity index (χ1n) is 13.6. The fraction of sp³-hybridized carbons (Fsp3) is 0.355. The molecule has 42 heavy (non-hydrogen) atoms. The molecule has 0 spiro atoms. The summed E-state index contributed by atoms with van der Waals surface area (Å²) >= 11 is 0. The first-order chi connectivity index (χ1) is 20.1. The molecule has 11 heteroatoms. The van der Waals surface area contributed by atoms with Crippen molar-refractivity contribution in [1.29, 1.82) is 0 Å². The molecule has 9 nitrogen and oxygen atoms in total. The van der Waals surface area contributed by atoms with Crippen LogP contribution in [0.5, 0.6) is 11.5 Å². The van der Waals surface area contributed by atoms with Crippen LogP contribution in [0, 0.1) is 5.82 Å². The molecular formula is C31H38FN3O6S. The molecular weight excluding hydrogens is 561 g/mol. The van der Waals surface area contributed by atoms with Crippen LogP contribution < -0.4 is 19.1 Å². The number of methoxy groups -OCH3 is 2. The number of carbonyl (C=O) groups excluding carboxylic acids is 2. The van der Waals surface area contributed by atoms with Crippen molar-refractivity contribution in [3.05, 3.63) is 89.7 Å². The SMILES string of the molecule is CCCCNC(=O)C(Cc1ccccc1)N(Cc1ccc(F)cc1)C(=O)CN(c1ccc(OC)c(OC)c1)S(C)(=O)=O. The normalized spacial score (nSPS) is 11.8. The second-order valence-electron chi connectivity index (χ2n) is 9.81. The van der Waals surface area contributed by atoms with Crippen LogP contribution in [0.3, 0.4) is 0 Å². The van der Waals surface area contributed by atoms with Gasteiger partial charge in [0.05, 0.1) is 26.2 Å². The molecule has 0 fully saturated rings. The monoisotopic (exact) mass is 599 g/mol. The number of hydrogen-bond donors (Lipinski definition) is 1. The summed E-state index contributed by atoms with van der Waals surface area (Å²) in [5.41, 5.74) is 1.60. The van der Waals surface area contributed by atoms with Crippen LogP contribution in [0.4, 0.5) is 10.1 Å². The van der Waals surface area contributed by atoms with Crippen molar-refractivity contribution in [1.82, 2.24) is 10.2 Å². The minimum atomic E-state index is -3.95. The van der Waals surface area contributed by atoms with Crippen molar-refractivity contribution in [3.8, 4) is 11.5 Å². The molecule has 0 heterocycles. The van der Waals surface area contributed by atoms with Crippen molar-refractivity contribution in [2.24, 2.45) is 0 Å². The number of anilines is 1. The highest BCUT2D eigenvalue weighted by molar-refractivity contribution is 7.92. The molecule has 0 aliphatic carbocycles. The third-order valence-corrected chi connectivity index (χ3v) is 7.84. The summed E-state index contributed by atoms with van der Waals surface area (Å²) < 4.78 is 51.2. The van der Waals surface area contributed by atoms with Gasteiger partial charge in [-0.15, -0.1) is 0 Å². The molecule has 226 valence electrons. The third-order valence-electron chi connectivity index (χ3n) is 6.70. The number of halogens is 1. The van der Waals surface area contributed by atoms with E-state index in [9.17, 15) is 22.4 Å². The first-order valence-corrected chi connectivity index (χ1v) is 15.5. The van der Waals surface area contributed by atoms with Gasteiger partial charge in [-0.3, -0.25) is 13.9 Å². The summed E-state index contributed by atoms with van der Waals surface area (Å²) in [6, 6.07) is 18.4. The second-order valence-corrected chi connectivity index (χ2v) is 11.7. The summed E-state index contributed by atoms with van der Waals surface area (Å²) in [6.07, 6.45) is 2.83. The molecule has 1 unspecified atom stereocenters. The average Bonchev–Trinajstić information content (AvgIpc) is 2.98. The highest BCUT2D eigenvalue weighted by Crippen LogP contribution is 2.32. The molecule has 0 saturated heterocycles. The van der Waals surface area contributed by atoms with Gasteiger partial charge in [-0.1, -0.05) is 55.8 Å². The van der Waals surface area contributed by atoms with E-state index in [1.54, 1.807) is 6.07 Å². The zero-order valence-electron chi connectivity index (χ0n) is 24.4. The first kappa shape index (κ1) is 32.4. The topological polar surface area (TPSA) is 105 Å². The lowest BCUT2D eigenvalue weighted by molar-refractivity contribution is -0.140. The van der Waals surface area contributed by atoms with E-state index in [1.807, 2.05) is 37.3 Å². The van der Waals surface area contributed by atoms with Crippen LogP contribution >= 0.6 is 0 Å². The van der Waals surface area contributed by atoms with Crippen molar-refractivity contribution in [2.45, 2.75) is 38.8 Å². The van der Waals surface area contributed by atoms with Crippen LogP contribution in [-0.2, 0) is 32.6 Å². The Balaban J connectivity index is 2.05. The van der Waals surface area contributed by atoms with Crippen molar-refractivity contribution in [2.75, 3.05) is 37.9 Å². The minimum absolute atomic E-state index is 0.0403. The van der Waals surface area contributed by atoms with Crippen LogP contribution in [0.1, 0.15) is 30.9 Å². The largest absolute Gasteiger partial charge is 0.493 e. The Morgan fingerprint density at radius 3 is 2.19 bits per heavy atom.